The number of nitrogens with one attached hydrogen (secondary N) is 1. The van der Waals surface area contributed by atoms with Gasteiger partial charge in [0.15, 0.2) is 0 Å². The van der Waals surface area contributed by atoms with Gasteiger partial charge in [-0.1, -0.05) is 36.4 Å². The molecule has 0 spiro atoms. The molecule has 0 aromatic heterocycles. The van der Waals surface area contributed by atoms with Crippen molar-refractivity contribution < 1.29 is 13.2 Å². The van der Waals surface area contributed by atoms with Crippen LogP contribution in [0, 0.1) is 6.92 Å². The number of hydrogen-bond acceptors (Lipinski definition) is 3. The van der Waals surface area contributed by atoms with Crippen molar-refractivity contribution in [2.45, 2.75) is 31.2 Å². The van der Waals surface area contributed by atoms with E-state index in [1.165, 1.54) is 12.1 Å². The first kappa shape index (κ1) is 19.2. The molecule has 0 saturated heterocycles. The predicted octanol–water partition coefficient (Wildman–Crippen LogP) is 4.39. The van der Waals surface area contributed by atoms with Gasteiger partial charge in [-0.3, -0.25) is 9.52 Å². The van der Waals surface area contributed by atoms with E-state index >= 15 is 0 Å². The zero-order valence-corrected chi connectivity index (χ0v) is 17.1. The largest absolute Gasteiger partial charge is 0.305 e. The Hall–Kier alpha value is -3.12. The average Bonchev–Trinajstić information content (AvgIpc) is 3.05. The molecule has 0 radical (unpaired) electrons. The third-order valence-corrected chi connectivity index (χ3v) is 6.61. The Morgan fingerprint density at radius 2 is 1.62 bits per heavy atom. The minimum absolute atomic E-state index is 0.0611. The topological polar surface area (TPSA) is 66.5 Å². The van der Waals surface area contributed by atoms with E-state index < -0.39 is 10.0 Å². The summed E-state index contributed by atoms with van der Waals surface area (Å²) in [5.41, 5.74) is 3.90. The fourth-order valence-corrected chi connectivity index (χ4v) is 4.81. The molecule has 0 saturated carbocycles. The number of aryl methyl sites for hydroxylation is 1. The van der Waals surface area contributed by atoms with Gasteiger partial charge < -0.3 is 4.90 Å². The van der Waals surface area contributed by atoms with Crippen molar-refractivity contribution in [1.29, 1.82) is 0 Å². The van der Waals surface area contributed by atoms with E-state index in [1.807, 2.05) is 50.2 Å². The molecule has 1 heterocycles. The van der Waals surface area contributed by atoms with Crippen molar-refractivity contribution in [2.24, 2.45) is 0 Å². The summed E-state index contributed by atoms with van der Waals surface area (Å²) in [7, 11) is -3.73. The summed E-state index contributed by atoms with van der Waals surface area (Å²) in [6.45, 7) is 3.86. The number of carbonyl (C=O) groups excluding carboxylic acids is 1. The second-order valence-corrected chi connectivity index (χ2v) is 8.98. The van der Waals surface area contributed by atoms with E-state index in [-0.39, 0.29) is 16.8 Å². The fourth-order valence-electron chi connectivity index (χ4n) is 3.68. The maximum absolute atomic E-state index is 13.1. The van der Waals surface area contributed by atoms with E-state index in [2.05, 4.69) is 4.72 Å². The monoisotopic (exact) mass is 406 g/mol. The Morgan fingerprint density at radius 3 is 2.34 bits per heavy atom. The smallest absolute Gasteiger partial charge is 0.261 e. The van der Waals surface area contributed by atoms with E-state index in [1.54, 1.807) is 29.2 Å². The van der Waals surface area contributed by atoms with Crippen LogP contribution in [-0.2, 0) is 16.4 Å². The number of carbonyl (C=O) groups is 1. The van der Waals surface area contributed by atoms with Crippen LogP contribution in [0.4, 0.5) is 11.4 Å². The van der Waals surface area contributed by atoms with Crippen LogP contribution in [0.2, 0.25) is 0 Å². The van der Waals surface area contributed by atoms with Gasteiger partial charge in [-0.2, -0.15) is 0 Å². The molecule has 1 N–H and O–H groups in total. The number of amides is 1. The number of hydrogen-bond donors (Lipinski definition) is 1. The summed E-state index contributed by atoms with van der Waals surface area (Å²) in [6, 6.07) is 21.2. The van der Waals surface area contributed by atoms with Gasteiger partial charge in [-0.15, -0.1) is 0 Å². The molecule has 0 unspecified atom stereocenters. The van der Waals surface area contributed by atoms with Gasteiger partial charge in [0.2, 0.25) is 0 Å². The van der Waals surface area contributed by atoms with Crippen LogP contribution < -0.4 is 9.62 Å². The van der Waals surface area contributed by atoms with Crippen LogP contribution in [0.15, 0.2) is 77.7 Å². The molecule has 1 atom stereocenters. The molecule has 1 aliphatic rings. The van der Waals surface area contributed by atoms with E-state index in [9.17, 15) is 13.2 Å². The van der Waals surface area contributed by atoms with Crippen molar-refractivity contribution in [2.75, 3.05) is 9.62 Å². The van der Waals surface area contributed by atoms with Crippen molar-refractivity contribution in [1.82, 2.24) is 0 Å². The number of anilines is 2. The van der Waals surface area contributed by atoms with E-state index in [0.717, 1.165) is 23.2 Å². The zero-order chi connectivity index (χ0) is 20.6. The minimum atomic E-state index is -3.73. The second kappa shape index (κ2) is 7.37. The Morgan fingerprint density at radius 1 is 0.966 bits per heavy atom. The molecule has 1 amide bonds. The van der Waals surface area contributed by atoms with Gasteiger partial charge in [-0.05, 0) is 67.8 Å². The van der Waals surface area contributed by atoms with Crippen LogP contribution in [0.1, 0.15) is 28.4 Å². The Balaban J connectivity index is 1.58. The molecule has 0 aliphatic carbocycles. The molecular weight excluding hydrogens is 384 g/mol. The molecule has 6 heteroatoms. The van der Waals surface area contributed by atoms with Gasteiger partial charge in [-0.25, -0.2) is 8.42 Å². The quantitative estimate of drug-likeness (QED) is 0.699. The van der Waals surface area contributed by atoms with Crippen LogP contribution in [0.25, 0.3) is 0 Å². The molecule has 5 nitrogen and oxygen atoms in total. The summed E-state index contributed by atoms with van der Waals surface area (Å²) in [5.74, 6) is -0.127. The number of nitrogens with zero attached hydrogens (tertiary/aromatic N) is 1. The third-order valence-electron chi connectivity index (χ3n) is 5.23. The molecule has 148 valence electrons. The standard InChI is InChI=1S/C23H22N2O3S/c1-16-7-3-5-9-21(16)24-29(27,28)20-13-11-18(12-14-20)23(26)25-17(2)15-19-8-4-6-10-22(19)25/h3-14,17,24H,15H2,1-2H3/t17-/m0/s1. The molecule has 29 heavy (non-hydrogen) atoms. The first-order valence-corrected chi connectivity index (χ1v) is 10.9. The summed E-state index contributed by atoms with van der Waals surface area (Å²) in [6.07, 6.45) is 0.814. The van der Waals surface area contributed by atoms with Crippen LogP contribution >= 0.6 is 0 Å². The molecule has 3 aromatic carbocycles. The van der Waals surface area contributed by atoms with Crippen molar-refractivity contribution in [3.8, 4) is 0 Å². The second-order valence-electron chi connectivity index (χ2n) is 7.30. The maximum Gasteiger partial charge on any atom is 0.261 e. The van der Waals surface area contributed by atoms with Crippen LogP contribution in [0.3, 0.4) is 0 Å². The normalized spacial score (nSPS) is 15.8. The highest BCUT2D eigenvalue weighted by molar-refractivity contribution is 7.92. The highest BCUT2D eigenvalue weighted by Gasteiger charge is 2.31. The van der Waals surface area contributed by atoms with E-state index in [4.69, 9.17) is 0 Å². The predicted molar refractivity (Wildman–Crippen MR) is 115 cm³/mol. The number of sulfonamides is 1. The lowest BCUT2D eigenvalue weighted by Crippen LogP contribution is -2.35. The lowest BCUT2D eigenvalue weighted by Gasteiger charge is -2.23. The number of benzene rings is 3. The molecular formula is C23H22N2O3S. The van der Waals surface area contributed by atoms with E-state index in [0.29, 0.717) is 11.3 Å². The Labute approximate surface area is 171 Å². The van der Waals surface area contributed by atoms with Gasteiger partial charge in [0.05, 0.1) is 10.6 Å². The highest BCUT2D eigenvalue weighted by atomic mass is 32.2. The molecule has 1 aliphatic heterocycles. The van der Waals surface area contributed by atoms with Crippen LogP contribution in [0.5, 0.6) is 0 Å². The summed E-state index contributed by atoms with van der Waals surface area (Å²) in [5, 5.41) is 0. The lowest BCUT2D eigenvalue weighted by molar-refractivity contribution is 0.0981. The molecule has 3 aromatic rings. The van der Waals surface area contributed by atoms with Gasteiger partial charge in [0.25, 0.3) is 15.9 Å². The first-order valence-electron chi connectivity index (χ1n) is 9.47. The lowest BCUT2D eigenvalue weighted by atomic mass is 10.1. The number of rotatable bonds is 4. The fraction of sp³-hybridized carbons (Fsp3) is 0.174. The first-order chi connectivity index (χ1) is 13.9. The SMILES string of the molecule is Cc1ccccc1NS(=O)(=O)c1ccc(C(=O)N2c3ccccc3C[C@@H]2C)cc1. The number of fused-ring (bicyclic) bond motifs is 1. The van der Waals surface area contributed by atoms with Gasteiger partial charge in [0.1, 0.15) is 0 Å². The minimum Gasteiger partial charge on any atom is -0.305 e. The average molecular weight is 407 g/mol. The van der Waals surface area contributed by atoms with Crippen molar-refractivity contribution in [3.05, 3.63) is 89.5 Å². The van der Waals surface area contributed by atoms with Gasteiger partial charge in [0, 0.05) is 17.3 Å². The summed E-state index contributed by atoms with van der Waals surface area (Å²) in [4.78, 5) is 15.0. The zero-order valence-electron chi connectivity index (χ0n) is 16.3. The summed E-state index contributed by atoms with van der Waals surface area (Å²) < 4.78 is 28.0. The molecule has 0 bridgehead atoms. The maximum atomic E-state index is 13.1. The van der Waals surface area contributed by atoms with Crippen molar-refractivity contribution >= 4 is 27.3 Å². The Bertz CT molecular complexity index is 1170. The molecule has 0 fully saturated rings. The Kier molecular flexibility index (Phi) is 4.88. The summed E-state index contributed by atoms with van der Waals surface area (Å²) >= 11 is 0. The van der Waals surface area contributed by atoms with Crippen molar-refractivity contribution in [3.63, 3.8) is 0 Å². The number of para-hydroxylation sites is 2. The molecule has 4 rings (SSSR count). The van der Waals surface area contributed by atoms with Crippen LogP contribution in [-0.4, -0.2) is 20.4 Å². The highest BCUT2D eigenvalue weighted by Crippen LogP contribution is 2.33. The third kappa shape index (κ3) is 3.63. The van der Waals surface area contributed by atoms with Gasteiger partial charge >= 0.3 is 0 Å².